The van der Waals surface area contributed by atoms with Gasteiger partial charge in [0.25, 0.3) is 5.91 Å². The maximum atomic E-state index is 15.3. The van der Waals surface area contributed by atoms with E-state index in [1.54, 1.807) is 33.2 Å². The van der Waals surface area contributed by atoms with Gasteiger partial charge < -0.3 is 10.2 Å². The Morgan fingerprint density at radius 3 is 2.72 bits per heavy atom. The minimum Gasteiger partial charge on any atom is -0.345 e. The number of carbonyl (C=O) groups is 2. The maximum Gasteiger partial charge on any atom is 0.258 e. The number of fused-ring (bicyclic) bond motifs is 2. The third-order valence-electron chi connectivity index (χ3n) is 5.49. The predicted octanol–water partition coefficient (Wildman–Crippen LogP) is 3.68. The van der Waals surface area contributed by atoms with Crippen molar-refractivity contribution in [3.05, 3.63) is 35.3 Å². The summed E-state index contributed by atoms with van der Waals surface area (Å²) in [6.07, 6.45) is 0.681. The molecule has 0 unspecified atom stereocenters. The minimum absolute atomic E-state index is 0.0705. The van der Waals surface area contributed by atoms with Crippen molar-refractivity contribution in [3.63, 3.8) is 0 Å². The number of aromatic amines is 1. The van der Waals surface area contributed by atoms with Crippen LogP contribution in [0.1, 0.15) is 22.3 Å². The third-order valence-corrected chi connectivity index (χ3v) is 6.37. The van der Waals surface area contributed by atoms with Crippen molar-refractivity contribution >= 4 is 49.5 Å². The summed E-state index contributed by atoms with van der Waals surface area (Å²) in [4.78, 5) is 35.4. The molecule has 1 fully saturated rings. The summed E-state index contributed by atoms with van der Waals surface area (Å²) in [5, 5.41) is 10.3. The zero-order chi connectivity index (χ0) is 22.7. The minimum atomic E-state index is -1.09. The lowest BCUT2D eigenvalue weighted by molar-refractivity contribution is -0.117. The largest absolute Gasteiger partial charge is 0.345 e. The molecular weight excluding hydrogens is 438 g/mol. The number of nitrogens with one attached hydrogen (secondary N) is 2. The Bertz CT molecular complexity index is 1410. The molecule has 1 aromatic carbocycles. The quantitative estimate of drug-likeness (QED) is 0.488. The highest BCUT2D eigenvalue weighted by Gasteiger charge is 2.43. The second-order valence-corrected chi connectivity index (χ2v) is 8.91. The number of nitrogens with zero attached hydrogens (tertiary/aromatic N) is 4. The van der Waals surface area contributed by atoms with Gasteiger partial charge in [-0.2, -0.15) is 5.10 Å². The van der Waals surface area contributed by atoms with Crippen molar-refractivity contribution in [1.82, 2.24) is 25.1 Å². The van der Waals surface area contributed by atoms with E-state index in [-0.39, 0.29) is 17.5 Å². The Morgan fingerprint density at radius 2 is 2.03 bits per heavy atom. The fourth-order valence-electron chi connectivity index (χ4n) is 3.67. The molecule has 4 aromatic rings. The zero-order valence-electron chi connectivity index (χ0n) is 17.4. The van der Waals surface area contributed by atoms with Crippen LogP contribution in [0.3, 0.4) is 0 Å². The van der Waals surface area contributed by atoms with Gasteiger partial charge in [0, 0.05) is 25.0 Å². The summed E-state index contributed by atoms with van der Waals surface area (Å²) in [5.41, 5.74) is 2.06. The van der Waals surface area contributed by atoms with E-state index in [0.717, 1.165) is 11.3 Å². The molecule has 0 radical (unpaired) electrons. The van der Waals surface area contributed by atoms with E-state index in [4.69, 9.17) is 0 Å². The average molecular weight is 456 g/mol. The van der Waals surface area contributed by atoms with Crippen molar-refractivity contribution in [2.24, 2.45) is 5.92 Å². The summed E-state index contributed by atoms with van der Waals surface area (Å²) in [5.74, 6) is -2.12. The second-order valence-electron chi connectivity index (χ2n) is 7.93. The molecule has 2 atom stereocenters. The van der Waals surface area contributed by atoms with Crippen LogP contribution >= 0.6 is 11.3 Å². The van der Waals surface area contributed by atoms with Crippen LogP contribution in [-0.4, -0.2) is 57.1 Å². The third kappa shape index (κ3) is 3.20. The summed E-state index contributed by atoms with van der Waals surface area (Å²) < 4.78 is 28.4. The van der Waals surface area contributed by atoms with Gasteiger partial charge in [0.05, 0.1) is 23.3 Å². The number of alkyl halides is 1. The van der Waals surface area contributed by atoms with Crippen molar-refractivity contribution in [2.45, 2.75) is 19.5 Å². The first kappa shape index (κ1) is 20.4. The molecule has 1 saturated carbocycles. The number of carbonyl (C=O) groups excluding carboxylic acids is 2. The molecular formula is C21H18F2N6O2S. The molecule has 3 heterocycles. The molecule has 1 aliphatic carbocycles. The molecule has 5 rings (SSSR count). The van der Waals surface area contributed by atoms with Crippen LogP contribution < -0.4 is 5.32 Å². The maximum absolute atomic E-state index is 15.3. The second kappa shape index (κ2) is 7.30. The molecule has 0 spiro atoms. The normalized spacial score (nSPS) is 17.7. The Morgan fingerprint density at radius 1 is 1.28 bits per heavy atom. The van der Waals surface area contributed by atoms with Gasteiger partial charge in [0.15, 0.2) is 5.13 Å². The number of anilines is 1. The van der Waals surface area contributed by atoms with Crippen LogP contribution in [0.4, 0.5) is 13.9 Å². The fraction of sp³-hybridized carbons (Fsp3) is 0.286. The number of thiazole rings is 1. The van der Waals surface area contributed by atoms with E-state index in [1.807, 2.05) is 0 Å². The number of aromatic nitrogens is 4. The fourth-order valence-corrected chi connectivity index (χ4v) is 4.51. The molecule has 1 aliphatic rings. The summed E-state index contributed by atoms with van der Waals surface area (Å²) in [6.45, 7) is 1.59. The molecule has 2 amide bonds. The molecule has 8 nitrogen and oxygen atoms in total. The molecule has 0 bridgehead atoms. The SMILES string of the molecule is Cc1c(F)c(C(=O)N(C)C)c2[nH]ncc2c1-c1ccc2nc(NC(=O)[C@@H]3C[C@@H]3F)sc2n1. The molecule has 0 saturated heterocycles. The molecule has 0 aliphatic heterocycles. The van der Waals surface area contributed by atoms with Crippen LogP contribution in [0.25, 0.3) is 32.5 Å². The number of hydrogen-bond acceptors (Lipinski definition) is 6. The molecule has 3 aromatic heterocycles. The van der Waals surface area contributed by atoms with Gasteiger partial charge in [0.1, 0.15) is 27.9 Å². The molecule has 164 valence electrons. The van der Waals surface area contributed by atoms with Crippen molar-refractivity contribution < 1.29 is 18.4 Å². The Hall–Kier alpha value is -3.47. The summed E-state index contributed by atoms with van der Waals surface area (Å²) in [7, 11) is 3.11. The van der Waals surface area contributed by atoms with E-state index in [1.165, 1.54) is 11.1 Å². The van der Waals surface area contributed by atoms with Crippen molar-refractivity contribution in [2.75, 3.05) is 19.4 Å². The molecule has 32 heavy (non-hydrogen) atoms. The number of benzene rings is 1. The average Bonchev–Trinajstić information content (AvgIpc) is 3.11. The van der Waals surface area contributed by atoms with Crippen LogP contribution in [0.15, 0.2) is 18.3 Å². The van der Waals surface area contributed by atoms with Crippen LogP contribution in [-0.2, 0) is 4.79 Å². The number of hydrogen-bond donors (Lipinski definition) is 2. The molecule has 11 heteroatoms. The van der Waals surface area contributed by atoms with Crippen LogP contribution in [0, 0.1) is 18.7 Å². The monoisotopic (exact) mass is 456 g/mol. The lowest BCUT2D eigenvalue weighted by Crippen LogP contribution is -2.23. The van der Waals surface area contributed by atoms with E-state index < -0.39 is 29.7 Å². The van der Waals surface area contributed by atoms with Gasteiger partial charge in [-0.25, -0.2) is 18.7 Å². The number of amides is 2. The zero-order valence-corrected chi connectivity index (χ0v) is 18.2. The Labute approximate surface area is 184 Å². The highest BCUT2D eigenvalue weighted by atomic mass is 32.1. The lowest BCUT2D eigenvalue weighted by atomic mass is 9.96. The van der Waals surface area contributed by atoms with Crippen molar-refractivity contribution in [3.8, 4) is 11.3 Å². The standard InChI is InChI=1S/C21H18F2N6O2S/c1-8-14(10-7-24-28-17(10)15(16(8)23)20(31)29(2)3)12-4-5-13-19(25-12)32-21(26-13)27-18(30)9-6-11(9)22/h4-5,7,9,11H,6H2,1-3H3,(H,24,28)(H,26,27,30)/t9-,11+/m1/s1. The first-order chi connectivity index (χ1) is 15.3. The topological polar surface area (TPSA) is 104 Å². The summed E-state index contributed by atoms with van der Waals surface area (Å²) >= 11 is 1.16. The van der Waals surface area contributed by atoms with Gasteiger partial charge in [-0.15, -0.1) is 0 Å². The highest BCUT2D eigenvalue weighted by Crippen LogP contribution is 2.38. The van der Waals surface area contributed by atoms with Crippen molar-refractivity contribution in [1.29, 1.82) is 0 Å². The summed E-state index contributed by atoms with van der Waals surface area (Å²) in [6, 6.07) is 3.43. The van der Waals surface area contributed by atoms with E-state index >= 15 is 4.39 Å². The van der Waals surface area contributed by atoms with E-state index in [9.17, 15) is 14.0 Å². The first-order valence-electron chi connectivity index (χ1n) is 9.86. The number of pyridine rings is 1. The number of halogens is 2. The first-order valence-corrected chi connectivity index (χ1v) is 10.7. The smallest absolute Gasteiger partial charge is 0.258 e. The highest BCUT2D eigenvalue weighted by molar-refractivity contribution is 7.22. The van der Waals surface area contributed by atoms with Gasteiger partial charge in [-0.1, -0.05) is 11.3 Å². The Kier molecular flexibility index (Phi) is 4.66. The van der Waals surface area contributed by atoms with Gasteiger partial charge in [0.2, 0.25) is 5.91 Å². The van der Waals surface area contributed by atoms with E-state index in [0.29, 0.717) is 37.6 Å². The molecule has 2 N–H and O–H groups in total. The number of rotatable bonds is 4. The van der Waals surface area contributed by atoms with Gasteiger partial charge >= 0.3 is 0 Å². The van der Waals surface area contributed by atoms with Gasteiger partial charge in [-0.05, 0) is 31.0 Å². The van der Waals surface area contributed by atoms with Gasteiger partial charge in [-0.3, -0.25) is 14.7 Å². The van der Waals surface area contributed by atoms with Crippen LogP contribution in [0.5, 0.6) is 0 Å². The van der Waals surface area contributed by atoms with Crippen LogP contribution in [0.2, 0.25) is 0 Å². The lowest BCUT2D eigenvalue weighted by Gasteiger charge is -2.16. The van der Waals surface area contributed by atoms with E-state index in [2.05, 4.69) is 25.5 Å². The number of H-pyrrole nitrogens is 1. The Balaban J connectivity index is 1.59. The predicted molar refractivity (Wildman–Crippen MR) is 117 cm³/mol.